The van der Waals surface area contributed by atoms with Crippen molar-refractivity contribution in [3.63, 3.8) is 0 Å². The lowest BCUT2D eigenvalue weighted by molar-refractivity contribution is 0.199. The zero-order chi connectivity index (χ0) is 14.4. The molecule has 2 rings (SSSR count). The molecule has 0 atom stereocenters. The van der Waals surface area contributed by atoms with E-state index in [1.807, 2.05) is 10.9 Å². The SMILES string of the molecule is COCCNCc1cn(Cc2ncnn2C(C)C)nn1. The van der Waals surface area contributed by atoms with Gasteiger partial charge in [-0.05, 0) is 13.8 Å². The van der Waals surface area contributed by atoms with Gasteiger partial charge in [-0.1, -0.05) is 5.21 Å². The Bertz CT molecular complexity index is 519. The highest BCUT2D eigenvalue weighted by Gasteiger charge is 2.09. The van der Waals surface area contributed by atoms with E-state index in [9.17, 15) is 0 Å². The first-order valence-corrected chi connectivity index (χ1v) is 6.67. The number of nitrogens with one attached hydrogen (secondary N) is 1. The minimum absolute atomic E-state index is 0.284. The Morgan fingerprint density at radius 1 is 1.40 bits per heavy atom. The number of aromatic nitrogens is 6. The molecule has 0 aliphatic rings. The van der Waals surface area contributed by atoms with Crippen molar-refractivity contribution in [2.45, 2.75) is 33.0 Å². The van der Waals surface area contributed by atoms with Crippen LogP contribution in [-0.2, 0) is 17.8 Å². The number of ether oxygens (including phenoxy) is 1. The van der Waals surface area contributed by atoms with Crippen LogP contribution in [0.1, 0.15) is 31.4 Å². The van der Waals surface area contributed by atoms with Crippen LogP contribution < -0.4 is 5.32 Å². The molecule has 0 bridgehead atoms. The van der Waals surface area contributed by atoms with Crippen LogP contribution in [0.25, 0.3) is 0 Å². The second-order valence-corrected chi connectivity index (χ2v) is 4.79. The molecule has 0 aliphatic heterocycles. The van der Waals surface area contributed by atoms with Crippen molar-refractivity contribution in [1.82, 2.24) is 35.1 Å². The molecule has 8 heteroatoms. The van der Waals surface area contributed by atoms with Gasteiger partial charge >= 0.3 is 0 Å². The standard InChI is InChI=1S/C12H21N7O/c1-10(2)19-12(14-9-15-19)8-18-7-11(16-17-18)6-13-4-5-20-3/h7,9-10,13H,4-6,8H2,1-3H3. The molecule has 0 aliphatic carbocycles. The number of rotatable bonds is 8. The van der Waals surface area contributed by atoms with Gasteiger partial charge in [-0.2, -0.15) is 5.10 Å². The van der Waals surface area contributed by atoms with E-state index in [0.29, 0.717) is 19.7 Å². The van der Waals surface area contributed by atoms with Crippen molar-refractivity contribution in [3.8, 4) is 0 Å². The molecule has 2 heterocycles. The van der Waals surface area contributed by atoms with Gasteiger partial charge in [0.15, 0.2) is 0 Å². The molecule has 0 saturated carbocycles. The normalized spacial score (nSPS) is 11.4. The van der Waals surface area contributed by atoms with E-state index >= 15 is 0 Å². The molecule has 0 amide bonds. The van der Waals surface area contributed by atoms with E-state index in [-0.39, 0.29) is 6.04 Å². The van der Waals surface area contributed by atoms with E-state index in [4.69, 9.17) is 4.74 Å². The van der Waals surface area contributed by atoms with Crippen LogP contribution in [0.2, 0.25) is 0 Å². The lowest BCUT2D eigenvalue weighted by atomic mass is 10.4. The minimum atomic E-state index is 0.284. The van der Waals surface area contributed by atoms with Gasteiger partial charge in [-0.15, -0.1) is 5.10 Å². The summed E-state index contributed by atoms with van der Waals surface area (Å²) in [4.78, 5) is 4.26. The topological polar surface area (TPSA) is 82.7 Å². The van der Waals surface area contributed by atoms with Crippen molar-refractivity contribution in [2.75, 3.05) is 20.3 Å². The molecule has 0 radical (unpaired) electrons. The third-order valence-corrected chi connectivity index (χ3v) is 2.81. The lowest BCUT2D eigenvalue weighted by Gasteiger charge is -2.08. The maximum Gasteiger partial charge on any atom is 0.148 e. The highest BCUT2D eigenvalue weighted by atomic mass is 16.5. The fourth-order valence-electron chi connectivity index (χ4n) is 1.85. The molecule has 2 aromatic heterocycles. The average molecular weight is 279 g/mol. The van der Waals surface area contributed by atoms with E-state index in [0.717, 1.165) is 18.1 Å². The highest BCUT2D eigenvalue weighted by molar-refractivity contribution is 4.94. The fourth-order valence-corrected chi connectivity index (χ4v) is 1.85. The van der Waals surface area contributed by atoms with Crippen LogP contribution in [-0.4, -0.2) is 50.0 Å². The second-order valence-electron chi connectivity index (χ2n) is 4.79. The number of nitrogens with zero attached hydrogens (tertiary/aromatic N) is 6. The first-order chi connectivity index (χ1) is 9.70. The van der Waals surface area contributed by atoms with Crippen LogP contribution in [0.4, 0.5) is 0 Å². The number of hydrogen-bond donors (Lipinski definition) is 1. The van der Waals surface area contributed by atoms with Gasteiger partial charge in [-0.25, -0.2) is 14.3 Å². The average Bonchev–Trinajstić information content (AvgIpc) is 3.04. The first kappa shape index (κ1) is 14.6. The molecule has 0 spiro atoms. The number of methoxy groups -OCH3 is 1. The Balaban J connectivity index is 1.90. The Hall–Kier alpha value is -1.80. The summed E-state index contributed by atoms with van der Waals surface area (Å²) in [5.41, 5.74) is 0.900. The summed E-state index contributed by atoms with van der Waals surface area (Å²) in [5, 5.41) is 15.7. The summed E-state index contributed by atoms with van der Waals surface area (Å²) < 4.78 is 8.63. The van der Waals surface area contributed by atoms with Crippen molar-refractivity contribution in [1.29, 1.82) is 0 Å². The predicted octanol–water partition coefficient (Wildman–Crippen LogP) is 0.235. The summed E-state index contributed by atoms with van der Waals surface area (Å²) in [5.74, 6) is 0.879. The molecule has 1 N–H and O–H groups in total. The monoisotopic (exact) mass is 279 g/mol. The molecular weight excluding hydrogens is 258 g/mol. The highest BCUT2D eigenvalue weighted by Crippen LogP contribution is 2.06. The summed E-state index contributed by atoms with van der Waals surface area (Å²) in [7, 11) is 1.68. The van der Waals surface area contributed by atoms with Gasteiger partial charge in [-0.3, -0.25) is 0 Å². The quantitative estimate of drug-likeness (QED) is 0.697. The molecule has 20 heavy (non-hydrogen) atoms. The smallest absolute Gasteiger partial charge is 0.148 e. The molecule has 0 aromatic carbocycles. The predicted molar refractivity (Wildman–Crippen MR) is 73.1 cm³/mol. The van der Waals surface area contributed by atoms with E-state index < -0.39 is 0 Å². The molecule has 8 nitrogen and oxygen atoms in total. The Kier molecular flexibility index (Phi) is 5.19. The Morgan fingerprint density at radius 3 is 3.00 bits per heavy atom. The molecule has 0 unspecified atom stereocenters. The third-order valence-electron chi connectivity index (χ3n) is 2.81. The Labute approximate surface area is 118 Å². The maximum atomic E-state index is 4.97. The fraction of sp³-hybridized carbons (Fsp3) is 0.667. The van der Waals surface area contributed by atoms with Crippen LogP contribution in [0.15, 0.2) is 12.5 Å². The van der Waals surface area contributed by atoms with Gasteiger partial charge in [0.05, 0.1) is 18.5 Å². The van der Waals surface area contributed by atoms with Crippen molar-refractivity contribution >= 4 is 0 Å². The van der Waals surface area contributed by atoms with Gasteiger partial charge in [0.1, 0.15) is 18.7 Å². The minimum Gasteiger partial charge on any atom is -0.383 e. The van der Waals surface area contributed by atoms with E-state index in [2.05, 4.69) is 39.6 Å². The first-order valence-electron chi connectivity index (χ1n) is 6.67. The second kappa shape index (κ2) is 7.11. The van der Waals surface area contributed by atoms with Crippen LogP contribution in [0.5, 0.6) is 0 Å². The zero-order valence-electron chi connectivity index (χ0n) is 12.2. The molecular formula is C12H21N7O. The molecule has 0 fully saturated rings. The van der Waals surface area contributed by atoms with Gasteiger partial charge in [0.2, 0.25) is 0 Å². The van der Waals surface area contributed by atoms with E-state index in [1.54, 1.807) is 18.1 Å². The maximum absolute atomic E-state index is 4.97. The van der Waals surface area contributed by atoms with Crippen LogP contribution >= 0.6 is 0 Å². The third kappa shape index (κ3) is 3.84. The lowest BCUT2D eigenvalue weighted by Crippen LogP contribution is -2.18. The summed E-state index contributed by atoms with van der Waals surface area (Å²) in [6, 6.07) is 0.284. The van der Waals surface area contributed by atoms with Gasteiger partial charge in [0, 0.05) is 26.2 Å². The molecule has 110 valence electrons. The van der Waals surface area contributed by atoms with Gasteiger partial charge < -0.3 is 10.1 Å². The van der Waals surface area contributed by atoms with Crippen LogP contribution in [0.3, 0.4) is 0 Å². The van der Waals surface area contributed by atoms with Crippen molar-refractivity contribution in [2.24, 2.45) is 0 Å². The zero-order valence-corrected chi connectivity index (χ0v) is 12.2. The summed E-state index contributed by atoms with van der Waals surface area (Å²) in [6.45, 7) is 6.88. The van der Waals surface area contributed by atoms with Crippen molar-refractivity contribution in [3.05, 3.63) is 24.0 Å². The van der Waals surface area contributed by atoms with E-state index in [1.165, 1.54) is 0 Å². The molecule has 0 saturated heterocycles. The largest absolute Gasteiger partial charge is 0.383 e. The molecule has 2 aromatic rings. The van der Waals surface area contributed by atoms with Gasteiger partial charge in [0.25, 0.3) is 0 Å². The summed E-state index contributed by atoms with van der Waals surface area (Å²) in [6.07, 6.45) is 3.48. The van der Waals surface area contributed by atoms with Crippen molar-refractivity contribution < 1.29 is 4.74 Å². The Morgan fingerprint density at radius 2 is 2.25 bits per heavy atom. The number of hydrogen-bond acceptors (Lipinski definition) is 6. The van der Waals surface area contributed by atoms with Crippen LogP contribution in [0, 0.1) is 0 Å². The summed E-state index contributed by atoms with van der Waals surface area (Å²) >= 11 is 0.